The Morgan fingerprint density at radius 1 is 1.42 bits per heavy atom. The van der Waals surface area contributed by atoms with Crippen LogP contribution in [0.5, 0.6) is 0 Å². The zero-order valence-electron chi connectivity index (χ0n) is 12.1. The lowest BCUT2D eigenvalue weighted by atomic mass is 10.3. The summed E-state index contributed by atoms with van der Waals surface area (Å²) in [6.45, 7) is 9.83. The van der Waals surface area contributed by atoms with E-state index in [1.807, 2.05) is 27.7 Å². The number of hydrogen-bond donors (Lipinski definition) is 1. The van der Waals surface area contributed by atoms with E-state index >= 15 is 0 Å². The maximum Gasteiger partial charge on any atom is 0.360 e. The van der Waals surface area contributed by atoms with Gasteiger partial charge in [0.15, 0.2) is 11.5 Å². The van der Waals surface area contributed by atoms with Crippen molar-refractivity contribution in [2.24, 2.45) is 5.73 Å². The fraction of sp³-hybridized carbons (Fsp3) is 0.538. The molecule has 0 aliphatic carbocycles. The fourth-order valence-electron chi connectivity index (χ4n) is 0.987. The van der Waals surface area contributed by atoms with Crippen LogP contribution in [0.2, 0.25) is 5.02 Å². The first kappa shape index (κ1) is 20.1. The minimum atomic E-state index is -0.882. The Hall–Kier alpha value is -1.20. The number of carbonyl (C=O) groups excluding carboxylic acids is 1. The molecule has 2 N–H and O–H groups in total. The molecule has 0 radical (unpaired) electrons. The molecular weight excluding hydrogens is 271 g/mol. The van der Waals surface area contributed by atoms with Gasteiger partial charge in [-0.1, -0.05) is 39.3 Å². The van der Waals surface area contributed by atoms with E-state index in [0.717, 1.165) is 0 Å². The number of nitrogens with two attached hydrogens (primary N) is 1. The summed E-state index contributed by atoms with van der Waals surface area (Å²) in [4.78, 5) is 15.0. The lowest BCUT2D eigenvalue weighted by Crippen LogP contribution is -2.13. The highest BCUT2D eigenvalue weighted by Gasteiger charge is 2.18. The quantitative estimate of drug-likeness (QED) is 0.865. The van der Waals surface area contributed by atoms with Crippen molar-refractivity contribution in [3.05, 3.63) is 28.3 Å². The molecule has 19 heavy (non-hydrogen) atoms. The van der Waals surface area contributed by atoms with Crippen LogP contribution in [0.4, 0.5) is 4.39 Å². The Labute approximate surface area is 119 Å². The van der Waals surface area contributed by atoms with E-state index < -0.39 is 17.5 Å². The van der Waals surface area contributed by atoms with E-state index in [2.05, 4.69) is 9.72 Å². The lowest BCUT2D eigenvalue weighted by molar-refractivity contribution is 0.0513. The van der Waals surface area contributed by atoms with Gasteiger partial charge in [0.2, 0.25) is 0 Å². The first-order chi connectivity index (χ1) is 9.10. The fourth-order valence-corrected chi connectivity index (χ4v) is 1.20. The number of ether oxygens (including phenoxy) is 1. The summed E-state index contributed by atoms with van der Waals surface area (Å²) in [6, 6.07) is 1.28. The van der Waals surface area contributed by atoms with Crippen LogP contribution in [0.15, 0.2) is 6.07 Å². The van der Waals surface area contributed by atoms with Crippen molar-refractivity contribution in [1.82, 2.24) is 4.98 Å². The molecule has 6 heteroatoms. The van der Waals surface area contributed by atoms with Crippen LogP contribution in [-0.2, 0) is 11.3 Å². The molecule has 0 unspecified atom stereocenters. The number of aromatic nitrogens is 1. The van der Waals surface area contributed by atoms with Crippen LogP contribution in [0.25, 0.3) is 0 Å². The summed E-state index contributed by atoms with van der Waals surface area (Å²) in [5.74, 6) is -1.72. The summed E-state index contributed by atoms with van der Waals surface area (Å²) >= 11 is 5.56. The number of esters is 1. The second-order valence-electron chi connectivity index (χ2n) is 2.68. The molecule has 110 valence electrons. The van der Waals surface area contributed by atoms with Crippen molar-refractivity contribution in [3.8, 4) is 0 Å². The third-order valence-electron chi connectivity index (χ3n) is 1.64. The van der Waals surface area contributed by atoms with Gasteiger partial charge >= 0.3 is 5.97 Å². The van der Waals surface area contributed by atoms with Gasteiger partial charge in [-0.2, -0.15) is 0 Å². The van der Waals surface area contributed by atoms with Crippen molar-refractivity contribution in [3.63, 3.8) is 0 Å². The summed E-state index contributed by atoms with van der Waals surface area (Å²) in [5, 5.41) is -0.187. The molecule has 0 spiro atoms. The highest BCUT2D eigenvalue weighted by Crippen LogP contribution is 2.18. The summed E-state index contributed by atoms with van der Waals surface area (Å²) in [7, 11) is 0. The van der Waals surface area contributed by atoms with E-state index in [9.17, 15) is 9.18 Å². The molecule has 0 saturated heterocycles. The monoisotopic (exact) mass is 292 g/mol. The van der Waals surface area contributed by atoms with Gasteiger partial charge in [0.05, 0.1) is 17.3 Å². The molecule has 0 bridgehead atoms. The van der Waals surface area contributed by atoms with Crippen molar-refractivity contribution in [1.29, 1.82) is 0 Å². The highest BCUT2D eigenvalue weighted by molar-refractivity contribution is 6.31. The van der Waals surface area contributed by atoms with Gasteiger partial charge in [-0.25, -0.2) is 14.2 Å². The molecule has 4 nitrogen and oxygen atoms in total. The average molecular weight is 293 g/mol. The molecular formula is C13H22ClFN2O2. The molecule has 0 amide bonds. The number of rotatable bonds is 3. The second kappa shape index (κ2) is 11.9. The molecule has 0 aliphatic heterocycles. The van der Waals surface area contributed by atoms with E-state index in [-0.39, 0.29) is 18.2 Å². The van der Waals surface area contributed by atoms with Crippen LogP contribution in [0.3, 0.4) is 0 Å². The zero-order chi connectivity index (χ0) is 15.4. The highest BCUT2D eigenvalue weighted by atomic mass is 35.5. The van der Waals surface area contributed by atoms with Crippen LogP contribution >= 0.6 is 11.6 Å². The van der Waals surface area contributed by atoms with Gasteiger partial charge in [-0.15, -0.1) is 0 Å². The van der Waals surface area contributed by atoms with E-state index in [0.29, 0.717) is 5.69 Å². The van der Waals surface area contributed by atoms with Crippen molar-refractivity contribution < 1.29 is 13.9 Å². The van der Waals surface area contributed by atoms with E-state index in [4.69, 9.17) is 17.3 Å². The van der Waals surface area contributed by atoms with Gasteiger partial charge in [0, 0.05) is 6.54 Å². The van der Waals surface area contributed by atoms with Gasteiger partial charge in [0.1, 0.15) is 0 Å². The molecule has 0 aliphatic rings. The summed E-state index contributed by atoms with van der Waals surface area (Å²) < 4.78 is 18.0. The Balaban J connectivity index is 0. The van der Waals surface area contributed by atoms with E-state index in [1.165, 1.54) is 6.07 Å². The molecule has 1 heterocycles. The molecule has 0 saturated carbocycles. The number of pyridine rings is 1. The Bertz CT molecular complexity index is 387. The number of nitrogens with zero attached hydrogens (tertiary/aromatic N) is 1. The Kier molecular flexibility index (Phi) is 12.6. The predicted octanol–water partition coefficient (Wildman–Crippen LogP) is 3.56. The van der Waals surface area contributed by atoms with Crippen molar-refractivity contribution >= 4 is 17.6 Å². The topological polar surface area (TPSA) is 65.2 Å². The number of carbonyl (C=O) groups is 1. The van der Waals surface area contributed by atoms with Crippen LogP contribution < -0.4 is 5.73 Å². The molecule has 0 atom stereocenters. The van der Waals surface area contributed by atoms with Gasteiger partial charge < -0.3 is 10.5 Å². The predicted molar refractivity (Wildman–Crippen MR) is 75.7 cm³/mol. The molecule has 1 rings (SSSR count). The zero-order valence-corrected chi connectivity index (χ0v) is 12.8. The first-order valence-electron chi connectivity index (χ1n) is 6.32. The minimum Gasteiger partial charge on any atom is -0.461 e. The standard InChI is InChI=1S/C9H10ClFN2O2.2C2H6/c1-2-15-9(14)8-7(11)6(10)3-5(4-12)13-8;2*1-2/h3H,2,4,12H2,1H3;2*1-2H3. The maximum atomic E-state index is 13.4. The number of hydrogen-bond acceptors (Lipinski definition) is 4. The first-order valence-corrected chi connectivity index (χ1v) is 6.70. The third-order valence-corrected chi connectivity index (χ3v) is 1.92. The van der Waals surface area contributed by atoms with Crippen molar-refractivity contribution in [2.45, 2.75) is 41.2 Å². The molecule has 1 aromatic heterocycles. The molecule has 0 fully saturated rings. The lowest BCUT2D eigenvalue weighted by Gasteiger charge is -2.05. The van der Waals surface area contributed by atoms with E-state index in [1.54, 1.807) is 6.92 Å². The second-order valence-corrected chi connectivity index (χ2v) is 3.09. The van der Waals surface area contributed by atoms with Crippen LogP contribution in [0.1, 0.15) is 50.8 Å². The van der Waals surface area contributed by atoms with Gasteiger partial charge in [0.25, 0.3) is 0 Å². The Morgan fingerprint density at radius 3 is 2.37 bits per heavy atom. The maximum absolute atomic E-state index is 13.4. The van der Waals surface area contributed by atoms with Gasteiger partial charge in [-0.3, -0.25) is 0 Å². The van der Waals surface area contributed by atoms with Crippen LogP contribution in [0, 0.1) is 5.82 Å². The Morgan fingerprint density at radius 2 is 1.95 bits per heavy atom. The third kappa shape index (κ3) is 6.50. The molecule has 1 aromatic rings. The molecule has 0 aromatic carbocycles. The summed E-state index contributed by atoms with van der Waals surface area (Å²) in [5.41, 5.74) is 5.23. The number of halogens is 2. The normalized spacial score (nSPS) is 8.63. The summed E-state index contributed by atoms with van der Waals surface area (Å²) in [6.07, 6.45) is 0. The SMILES string of the molecule is CC.CC.CCOC(=O)c1nc(CN)cc(Cl)c1F. The van der Waals surface area contributed by atoms with Crippen molar-refractivity contribution in [2.75, 3.05) is 6.61 Å². The largest absolute Gasteiger partial charge is 0.461 e. The minimum absolute atomic E-state index is 0.0758. The van der Waals surface area contributed by atoms with Gasteiger partial charge in [-0.05, 0) is 13.0 Å². The average Bonchev–Trinajstić information content (AvgIpc) is 2.46. The van der Waals surface area contributed by atoms with Crippen LogP contribution in [-0.4, -0.2) is 17.6 Å². The smallest absolute Gasteiger partial charge is 0.360 e.